The van der Waals surface area contributed by atoms with E-state index < -0.39 is 0 Å². The third-order valence-corrected chi connectivity index (χ3v) is 5.29. The summed E-state index contributed by atoms with van der Waals surface area (Å²) in [6, 6.07) is 5.37. The first kappa shape index (κ1) is 16.9. The Hall–Kier alpha value is -1.91. The highest BCUT2D eigenvalue weighted by Gasteiger charge is 2.25. The van der Waals surface area contributed by atoms with Crippen LogP contribution in [0.2, 0.25) is 0 Å². The lowest BCUT2D eigenvalue weighted by Gasteiger charge is -2.35. The molecule has 2 aliphatic rings. The Balaban J connectivity index is 1.42. The summed E-state index contributed by atoms with van der Waals surface area (Å²) >= 11 is 0. The number of amides is 2. The van der Waals surface area contributed by atoms with Crippen LogP contribution in [0.5, 0.6) is 0 Å². The molecule has 0 aromatic carbocycles. The highest BCUT2D eigenvalue weighted by Crippen LogP contribution is 2.27. The van der Waals surface area contributed by atoms with Crippen molar-refractivity contribution in [2.24, 2.45) is 5.92 Å². The lowest BCUT2D eigenvalue weighted by molar-refractivity contribution is -0.133. The molecule has 1 saturated carbocycles. The second-order valence-electron chi connectivity index (χ2n) is 6.93. The molecule has 0 atom stereocenters. The van der Waals surface area contributed by atoms with Crippen LogP contribution >= 0.6 is 0 Å². The largest absolute Gasteiger partial charge is 0.339 e. The predicted molar refractivity (Wildman–Crippen MR) is 92.5 cm³/mol. The van der Waals surface area contributed by atoms with Gasteiger partial charge in [-0.1, -0.05) is 38.2 Å². The van der Waals surface area contributed by atoms with Gasteiger partial charge in [0.2, 0.25) is 5.91 Å². The van der Waals surface area contributed by atoms with Crippen molar-refractivity contribution in [1.82, 2.24) is 14.8 Å². The molecule has 0 radical (unpaired) electrons. The summed E-state index contributed by atoms with van der Waals surface area (Å²) < 4.78 is 0. The first-order valence-corrected chi connectivity index (χ1v) is 9.22. The van der Waals surface area contributed by atoms with Gasteiger partial charge in [0.25, 0.3) is 5.91 Å². The van der Waals surface area contributed by atoms with Crippen molar-refractivity contribution >= 4 is 11.8 Å². The lowest BCUT2D eigenvalue weighted by Crippen LogP contribution is -2.50. The van der Waals surface area contributed by atoms with Gasteiger partial charge in [-0.15, -0.1) is 0 Å². The number of hydrogen-bond donors (Lipinski definition) is 0. The van der Waals surface area contributed by atoms with Crippen molar-refractivity contribution in [3.8, 4) is 0 Å². The second kappa shape index (κ2) is 8.27. The molecule has 0 spiro atoms. The molecule has 1 aliphatic carbocycles. The Morgan fingerprint density at radius 3 is 2.38 bits per heavy atom. The van der Waals surface area contributed by atoms with Gasteiger partial charge >= 0.3 is 0 Å². The van der Waals surface area contributed by atoms with Gasteiger partial charge in [0.1, 0.15) is 5.69 Å². The number of rotatable bonds is 4. The molecule has 1 aliphatic heterocycles. The SMILES string of the molecule is O=C(CCC1CCCCC1)N1CCN(C(=O)c2ccccn2)CC1. The van der Waals surface area contributed by atoms with E-state index in [0.717, 1.165) is 12.3 Å². The number of hydrogen-bond acceptors (Lipinski definition) is 3. The third kappa shape index (κ3) is 4.34. The fourth-order valence-electron chi connectivity index (χ4n) is 3.77. The number of pyridine rings is 1. The fourth-order valence-corrected chi connectivity index (χ4v) is 3.77. The van der Waals surface area contributed by atoms with Crippen LogP contribution in [0, 0.1) is 5.92 Å². The molecular weight excluding hydrogens is 302 g/mol. The summed E-state index contributed by atoms with van der Waals surface area (Å²) in [5.74, 6) is 0.963. The van der Waals surface area contributed by atoms with Crippen molar-refractivity contribution in [1.29, 1.82) is 0 Å². The van der Waals surface area contributed by atoms with Crippen LogP contribution in [-0.4, -0.2) is 52.8 Å². The number of carbonyl (C=O) groups is 2. The van der Waals surface area contributed by atoms with Gasteiger partial charge in [-0.25, -0.2) is 0 Å². The van der Waals surface area contributed by atoms with E-state index in [1.165, 1.54) is 32.1 Å². The van der Waals surface area contributed by atoms with E-state index in [0.29, 0.717) is 38.3 Å². The molecule has 24 heavy (non-hydrogen) atoms. The van der Waals surface area contributed by atoms with Crippen molar-refractivity contribution in [3.05, 3.63) is 30.1 Å². The zero-order chi connectivity index (χ0) is 16.8. The van der Waals surface area contributed by atoms with Crippen molar-refractivity contribution in [3.63, 3.8) is 0 Å². The van der Waals surface area contributed by atoms with E-state index in [4.69, 9.17) is 0 Å². The van der Waals surface area contributed by atoms with E-state index in [-0.39, 0.29) is 11.8 Å². The molecule has 1 saturated heterocycles. The number of carbonyl (C=O) groups excluding carboxylic acids is 2. The third-order valence-electron chi connectivity index (χ3n) is 5.29. The summed E-state index contributed by atoms with van der Waals surface area (Å²) in [5, 5.41) is 0. The summed E-state index contributed by atoms with van der Waals surface area (Å²) in [6.45, 7) is 2.49. The molecule has 1 aromatic heterocycles. The normalized spacial score (nSPS) is 19.3. The topological polar surface area (TPSA) is 53.5 Å². The van der Waals surface area contributed by atoms with Crippen molar-refractivity contribution in [2.45, 2.75) is 44.9 Å². The zero-order valence-electron chi connectivity index (χ0n) is 14.3. The molecule has 0 bridgehead atoms. The molecule has 2 fully saturated rings. The Kier molecular flexibility index (Phi) is 5.83. The Morgan fingerprint density at radius 1 is 1.00 bits per heavy atom. The van der Waals surface area contributed by atoms with E-state index >= 15 is 0 Å². The predicted octanol–water partition coefficient (Wildman–Crippen LogP) is 2.73. The molecule has 5 nitrogen and oxygen atoms in total. The van der Waals surface area contributed by atoms with Crippen molar-refractivity contribution < 1.29 is 9.59 Å². The number of aromatic nitrogens is 1. The van der Waals surface area contributed by atoms with Crippen LogP contribution in [0.1, 0.15) is 55.4 Å². The molecule has 5 heteroatoms. The van der Waals surface area contributed by atoms with Crippen LogP contribution in [-0.2, 0) is 4.79 Å². The van der Waals surface area contributed by atoms with E-state index in [1.54, 1.807) is 23.2 Å². The van der Waals surface area contributed by atoms with E-state index in [9.17, 15) is 9.59 Å². The summed E-state index contributed by atoms with van der Waals surface area (Å²) in [7, 11) is 0. The Bertz CT molecular complexity index is 547. The highest BCUT2D eigenvalue weighted by atomic mass is 16.2. The highest BCUT2D eigenvalue weighted by molar-refractivity contribution is 5.92. The quantitative estimate of drug-likeness (QED) is 0.853. The molecule has 0 unspecified atom stereocenters. The Morgan fingerprint density at radius 2 is 1.71 bits per heavy atom. The molecular formula is C19H27N3O2. The molecule has 2 amide bonds. The van der Waals surface area contributed by atoms with E-state index in [1.807, 2.05) is 11.0 Å². The minimum Gasteiger partial charge on any atom is -0.339 e. The summed E-state index contributed by atoms with van der Waals surface area (Å²) in [4.78, 5) is 32.6. The average Bonchev–Trinajstić information content (AvgIpc) is 2.67. The minimum absolute atomic E-state index is 0.0371. The van der Waals surface area contributed by atoms with Gasteiger partial charge in [0, 0.05) is 38.8 Å². The number of nitrogens with zero attached hydrogens (tertiary/aromatic N) is 3. The fraction of sp³-hybridized carbons (Fsp3) is 0.632. The van der Waals surface area contributed by atoms with Crippen LogP contribution in [0.25, 0.3) is 0 Å². The maximum atomic E-state index is 12.4. The monoisotopic (exact) mass is 329 g/mol. The van der Waals surface area contributed by atoms with Crippen molar-refractivity contribution in [2.75, 3.05) is 26.2 Å². The van der Waals surface area contributed by atoms with E-state index in [2.05, 4.69) is 4.98 Å². The Labute approximate surface area is 144 Å². The second-order valence-corrected chi connectivity index (χ2v) is 6.93. The molecule has 1 aromatic rings. The lowest BCUT2D eigenvalue weighted by atomic mass is 9.86. The maximum Gasteiger partial charge on any atom is 0.272 e. The van der Waals surface area contributed by atoms with Crippen LogP contribution in [0.3, 0.4) is 0 Å². The molecule has 0 N–H and O–H groups in total. The van der Waals surface area contributed by atoms with Gasteiger partial charge in [-0.3, -0.25) is 14.6 Å². The van der Waals surface area contributed by atoms with Crippen LogP contribution in [0.15, 0.2) is 24.4 Å². The first-order valence-electron chi connectivity index (χ1n) is 9.22. The smallest absolute Gasteiger partial charge is 0.272 e. The minimum atomic E-state index is -0.0371. The van der Waals surface area contributed by atoms with Crippen LogP contribution in [0.4, 0.5) is 0 Å². The van der Waals surface area contributed by atoms with Gasteiger partial charge < -0.3 is 9.80 Å². The van der Waals surface area contributed by atoms with Gasteiger partial charge in [0.05, 0.1) is 0 Å². The standard InChI is InChI=1S/C19H27N3O2/c23-18(10-9-16-6-2-1-3-7-16)21-12-14-22(15-13-21)19(24)17-8-4-5-11-20-17/h4-5,8,11,16H,1-3,6-7,9-10,12-15H2. The number of piperazine rings is 1. The molecule has 130 valence electrons. The molecule has 3 rings (SSSR count). The maximum absolute atomic E-state index is 12.4. The van der Waals surface area contributed by atoms with Crippen LogP contribution < -0.4 is 0 Å². The molecule has 2 heterocycles. The average molecular weight is 329 g/mol. The summed E-state index contributed by atoms with van der Waals surface area (Å²) in [6.07, 6.45) is 9.93. The van der Waals surface area contributed by atoms with Gasteiger partial charge in [-0.2, -0.15) is 0 Å². The summed E-state index contributed by atoms with van der Waals surface area (Å²) in [5.41, 5.74) is 0.481. The first-order chi connectivity index (χ1) is 11.7. The van der Waals surface area contributed by atoms with Gasteiger partial charge in [0.15, 0.2) is 0 Å². The van der Waals surface area contributed by atoms with Gasteiger partial charge in [-0.05, 0) is 24.5 Å². The zero-order valence-corrected chi connectivity index (χ0v) is 14.3.